The minimum absolute atomic E-state index is 0.177. The van der Waals surface area contributed by atoms with Crippen molar-refractivity contribution in [3.05, 3.63) is 35.5 Å². The van der Waals surface area contributed by atoms with E-state index >= 15 is 0 Å². The Balaban J connectivity index is 1.42. The van der Waals surface area contributed by atoms with Crippen LogP contribution in [-0.4, -0.2) is 31.9 Å². The molecule has 40 heavy (non-hydrogen) atoms. The molecular weight excluding hydrogens is 508 g/mol. The van der Waals surface area contributed by atoms with Crippen LogP contribution in [0.15, 0.2) is 35.5 Å². The minimum atomic E-state index is -1.76. The van der Waals surface area contributed by atoms with Crippen LogP contribution in [0.4, 0.5) is 0 Å². The molecule has 1 heterocycles. The molecular formula is C36H62O3Si. The molecule has 0 aromatic carbocycles. The summed E-state index contributed by atoms with van der Waals surface area (Å²) in [7, 11) is -1.76. The Morgan fingerprint density at radius 3 is 2.38 bits per heavy atom. The van der Waals surface area contributed by atoms with Gasteiger partial charge < -0.3 is 13.9 Å². The third kappa shape index (κ3) is 6.76. The maximum Gasteiger partial charge on any atom is 0.192 e. The van der Waals surface area contributed by atoms with Crippen molar-refractivity contribution in [2.24, 2.45) is 23.2 Å². The largest absolute Gasteiger partial charge is 0.414 e. The second-order valence-electron chi connectivity index (χ2n) is 16.6. The zero-order valence-electron chi connectivity index (χ0n) is 28.0. The molecule has 3 aliphatic carbocycles. The lowest BCUT2D eigenvalue weighted by Gasteiger charge is -2.44. The van der Waals surface area contributed by atoms with Gasteiger partial charge in [0.1, 0.15) is 0 Å². The topological polar surface area (TPSA) is 27.7 Å². The van der Waals surface area contributed by atoms with Gasteiger partial charge in [-0.2, -0.15) is 0 Å². The van der Waals surface area contributed by atoms with E-state index < -0.39 is 14.1 Å². The maximum atomic E-state index is 6.84. The molecule has 3 saturated carbocycles. The summed E-state index contributed by atoms with van der Waals surface area (Å²) in [6.45, 7) is 29.9. The molecule has 0 unspecified atom stereocenters. The van der Waals surface area contributed by atoms with Crippen molar-refractivity contribution in [1.82, 2.24) is 0 Å². The van der Waals surface area contributed by atoms with Gasteiger partial charge in [0.25, 0.3) is 0 Å². The van der Waals surface area contributed by atoms with E-state index in [-0.39, 0.29) is 16.7 Å². The highest BCUT2D eigenvalue weighted by atomic mass is 28.4. The third-order valence-electron chi connectivity index (χ3n) is 11.8. The van der Waals surface area contributed by atoms with Crippen LogP contribution in [0.1, 0.15) is 127 Å². The number of hydrogen-bond acceptors (Lipinski definition) is 3. The summed E-state index contributed by atoms with van der Waals surface area (Å²) >= 11 is 0. The van der Waals surface area contributed by atoms with Gasteiger partial charge in [-0.1, -0.05) is 64.5 Å². The van der Waals surface area contributed by atoms with E-state index in [0.717, 1.165) is 37.5 Å². The molecule has 4 aliphatic rings. The Labute approximate surface area is 248 Å². The van der Waals surface area contributed by atoms with E-state index in [2.05, 4.69) is 94.1 Å². The smallest absolute Gasteiger partial charge is 0.192 e. The Morgan fingerprint density at radius 1 is 1.05 bits per heavy atom. The third-order valence-corrected chi connectivity index (χ3v) is 16.3. The lowest BCUT2D eigenvalue weighted by molar-refractivity contribution is -0.157. The zero-order chi connectivity index (χ0) is 29.7. The van der Waals surface area contributed by atoms with Gasteiger partial charge in [-0.25, -0.2) is 0 Å². The SMILES string of the molecule is C=C1CC[C@H](O[Si](C)(C)C(C)(C)C)C/C1=C/C=C1\CCC[C@]2(C)[C@@H]([C@H](C)CC[C@H]3OC(C)(C)OC3(C)C)CC[C@@H]12. The van der Waals surface area contributed by atoms with Crippen molar-refractivity contribution in [1.29, 1.82) is 0 Å². The fourth-order valence-electron chi connectivity index (χ4n) is 8.52. The van der Waals surface area contributed by atoms with Crippen LogP contribution < -0.4 is 0 Å². The fourth-order valence-corrected chi connectivity index (χ4v) is 9.91. The van der Waals surface area contributed by atoms with E-state index in [1.807, 2.05) is 0 Å². The summed E-state index contributed by atoms with van der Waals surface area (Å²) in [6, 6.07) is 0. The molecule has 4 rings (SSSR count). The van der Waals surface area contributed by atoms with Crippen LogP contribution in [-0.2, 0) is 13.9 Å². The molecule has 0 aromatic rings. The standard InChI is InChI=1S/C36H62O3Si/c1-25-15-19-29(38-40(11,12)33(3,4)5)24-28(25)18-17-27-14-13-23-36(10)30(20-21-31(27)36)26(2)16-22-32-34(6,7)39-35(8,9)37-32/h17-18,26,29-32H,1,13-16,19-24H2,2-12H3/b27-17+,28-18-/t26-,29+,30-,31+,32-,36-/m1/s1. The molecule has 0 aromatic heterocycles. The van der Waals surface area contributed by atoms with Gasteiger partial charge in [0.05, 0.1) is 11.7 Å². The first-order valence-electron chi connectivity index (χ1n) is 16.5. The van der Waals surface area contributed by atoms with Crippen molar-refractivity contribution >= 4 is 8.32 Å². The van der Waals surface area contributed by atoms with Gasteiger partial charge in [-0.05, 0) is 139 Å². The van der Waals surface area contributed by atoms with Crippen LogP contribution in [0.5, 0.6) is 0 Å². The van der Waals surface area contributed by atoms with Gasteiger partial charge in [-0.15, -0.1) is 0 Å². The van der Waals surface area contributed by atoms with Crippen LogP contribution >= 0.6 is 0 Å². The Bertz CT molecular complexity index is 996. The predicted molar refractivity (Wildman–Crippen MR) is 172 cm³/mol. The van der Waals surface area contributed by atoms with Crippen LogP contribution in [0.25, 0.3) is 0 Å². The summed E-state index contributed by atoms with van der Waals surface area (Å²) in [5.74, 6) is 1.75. The summed E-state index contributed by atoms with van der Waals surface area (Å²) in [4.78, 5) is 0. The molecule has 3 nitrogen and oxygen atoms in total. The van der Waals surface area contributed by atoms with Gasteiger partial charge >= 0.3 is 0 Å². The predicted octanol–water partition coefficient (Wildman–Crippen LogP) is 10.5. The number of ether oxygens (including phenoxy) is 2. The van der Waals surface area contributed by atoms with E-state index in [1.165, 1.54) is 49.7 Å². The lowest BCUT2D eigenvalue weighted by Crippen LogP contribution is -2.44. The average Bonchev–Trinajstić information content (AvgIpc) is 3.28. The van der Waals surface area contributed by atoms with Gasteiger partial charge in [0, 0.05) is 6.10 Å². The molecule has 0 bridgehead atoms. The van der Waals surface area contributed by atoms with Crippen molar-refractivity contribution in [3.8, 4) is 0 Å². The highest BCUT2D eigenvalue weighted by Crippen LogP contribution is 2.60. The number of allylic oxidation sites excluding steroid dienone is 4. The molecule has 4 heteroatoms. The molecule has 6 atom stereocenters. The first-order valence-corrected chi connectivity index (χ1v) is 19.4. The van der Waals surface area contributed by atoms with Crippen molar-refractivity contribution in [3.63, 3.8) is 0 Å². The van der Waals surface area contributed by atoms with E-state index in [9.17, 15) is 0 Å². The lowest BCUT2D eigenvalue weighted by atomic mass is 9.60. The van der Waals surface area contributed by atoms with Crippen molar-refractivity contribution < 1.29 is 13.9 Å². The highest BCUT2D eigenvalue weighted by molar-refractivity contribution is 6.74. The molecule has 228 valence electrons. The second-order valence-corrected chi connectivity index (χ2v) is 21.4. The van der Waals surface area contributed by atoms with E-state index in [1.54, 1.807) is 5.57 Å². The molecule has 1 aliphatic heterocycles. The average molecular weight is 571 g/mol. The Morgan fingerprint density at radius 2 is 1.75 bits per heavy atom. The fraction of sp³-hybridized carbons (Fsp3) is 0.833. The molecule has 1 saturated heterocycles. The highest BCUT2D eigenvalue weighted by Gasteiger charge is 2.51. The zero-order valence-corrected chi connectivity index (χ0v) is 29.0. The molecule has 0 N–H and O–H groups in total. The molecule has 4 fully saturated rings. The molecule has 0 radical (unpaired) electrons. The van der Waals surface area contributed by atoms with Crippen molar-refractivity contribution in [2.45, 2.75) is 168 Å². The minimum Gasteiger partial charge on any atom is -0.414 e. The van der Waals surface area contributed by atoms with Gasteiger partial charge in [-0.3, -0.25) is 0 Å². The number of rotatable bonds is 7. The molecule has 0 amide bonds. The molecule has 0 spiro atoms. The normalized spacial score (nSPS) is 37.2. The van der Waals surface area contributed by atoms with E-state index in [0.29, 0.717) is 17.4 Å². The monoisotopic (exact) mass is 570 g/mol. The number of hydrogen-bond donors (Lipinski definition) is 0. The summed E-state index contributed by atoms with van der Waals surface area (Å²) < 4.78 is 19.4. The van der Waals surface area contributed by atoms with E-state index in [4.69, 9.17) is 13.9 Å². The maximum absolute atomic E-state index is 6.84. The first-order chi connectivity index (χ1) is 18.3. The van der Waals surface area contributed by atoms with Crippen LogP contribution in [0, 0.1) is 23.2 Å². The Hall–Kier alpha value is -0.683. The van der Waals surface area contributed by atoms with Gasteiger partial charge in [0.15, 0.2) is 14.1 Å². The van der Waals surface area contributed by atoms with Crippen LogP contribution in [0.3, 0.4) is 0 Å². The van der Waals surface area contributed by atoms with Gasteiger partial charge in [0.2, 0.25) is 0 Å². The van der Waals surface area contributed by atoms with Crippen LogP contribution in [0.2, 0.25) is 18.1 Å². The summed E-state index contributed by atoms with van der Waals surface area (Å²) in [5, 5.41) is 0.251. The quantitative estimate of drug-likeness (QED) is 0.285. The Kier molecular flexibility index (Phi) is 9.21. The summed E-state index contributed by atoms with van der Waals surface area (Å²) in [5.41, 5.74) is 4.67. The first kappa shape index (κ1) is 32.2. The second kappa shape index (κ2) is 11.4. The number of fused-ring (bicyclic) bond motifs is 1. The summed E-state index contributed by atoms with van der Waals surface area (Å²) in [6.07, 6.45) is 17.7. The van der Waals surface area contributed by atoms with Crippen molar-refractivity contribution in [2.75, 3.05) is 0 Å².